The van der Waals surface area contributed by atoms with Gasteiger partial charge in [-0.25, -0.2) is 0 Å². The monoisotopic (exact) mass is 269 g/mol. The summed E-state index contributed by atoms with van der Waals surface area (Å²) in [6.45, 7) is 5.23. The van der Waals surface area contributed by atoms with Gasteiger partial charge in [0.05, 0.1) is 18.4 Å². The predicted octanol–water partition coefficient (Wildman–Crippen LogP) is 0.404. The topological polar surface area (TPSA) is 76.4 Å². The summed E-state index contributed by atoms with van der Waals surface area (Å²) in [4.78, 5) is 11.6. The quantitative estimate of drug-likeness (QED) is 0.716. The third-order valence-corrected chi connectivity index (χ3v) is 2.81. The Morgan fingerprint density at radius 3 is 2.89 bits per heavy atom. The first-order chi connectivity index (χ1) is 9.02. The molecule has 0 bridgehead atoms. The molecule has 1 amide bonds. The summed E-state index contributed by atoms with van der Waals surface area (Å²) in [5, 5.41) is 16.5. The Hall–Kier alpha value is -1.40. The van der Waals surface area contributed by atoms with E-state index in [-0.39, 0.29) is 5.91 Å². The van der Waals surface area contributed by atoms with Crippen LogP contribution in [-0.4, -0.2) is 47.2 Å². The van der Waals surface area contributed by atoms with E-state index in [9.17, 15) is 9.90 Å². The van der Waals surface area contributed by atoms with Gasteiger partial charge in [-0.15, -0.1) is 0 Å². The Kier molecular flexibility index (Phi) is 6.52. The Labute approximate surface area is 113 Å². The normalized spacial score (nSPS) is 12.4. The summed E-state index contributed by atoms with van der Waals surface area (Å²) in [5.74, 6) is -0.0304. The van der Waals surface area contributed by atoms with Gasteiger partial charge in [0.2, 0.25) is 5.91 Å². The Balaban J connectivity index is 2.19. The maximum atomic E-state index is 11.6. The van der Waals surface area contributed by atoms with Crippen LogP contribution in [0.3, 0.4) is 0 Å². The fourth-order valence-corrected chi connectivity index (χ4v) is 1.85. The van der Waals surface area contributed by atoms with Crippen molar-refractivity contribution in [3.63, 3.8) is 0 Å². The largest absolute Gasteiger partial charge is 0.391 e. The average Bonchev–Trinajstić information content (AvgIpc) is 2.65. The molecule has 1 rings (SSSR count). The second kappa shape index (κ2) is 7.91. The van der Waals surface area contributed by atoms with Gasteiger partial charge in [0, 0.05) is 32.3 Å². The highest BCUT2D eigenvalue weighted by Gasteiger charge is 2.07. The Morgan fingerprint density at radius 2 is 2.32 bits per heavy atom. The number of hydrogen-bond donors (Lipinski definition) is 2. The fourth-order valence-electron chi connectivity index (χ4n) is 1.85. The number of amides is 1. The highest BCUT2D eigenvalue weighted by atomic mass is 16.5. The molecule has 1 unspecified atom stereocenters. The van der Waals surface area contributed by atoms with Crippen LogP contribution in [0.5, 0.6) is 0 Å². The lowest BCUT2D eigenvalue weighted by atomic mass is 10.2. The van der Waals surface area contributed by atoms with Gasteiger partial charge in [-0.3, -0.25) is 9.48 Å². The van der Waals surface area contributed by atoms with Gasteiger partial charge < -0.3 is 15.2 Å². The van der Waals surface area contributed by atoms with Crippen molar-refractivity contribution in [3.05, 3.63) is 17.5 Å². The minimum Gasteiger partial charge on any atom is -0.391 e. The minimum atomic E-state index is -0.527. The van der Waals surface area contributed by atoms with Gasteiger partial charge in [-0.2, -0.15) is 5.10 Å². The Bertz CT molecular complexity index is 404. The van der Waals surface area contributed by atoms with Crippen LogP contribution < -0.4 is 5.32 Å². The molecule has 19 heavy (non-hydrogen) atoms. The molecule has 0 spiro atoms. The third-order valence-electron chi connectivity index (χ3n) is 2.81. The van der Waals surface area contributed by atoms with Crippen LogP contribution in [0.1, 0.15) is 24.2 Å². The lowest BCUT2D eigenvalue weighted by Crippen LogP contribution is -2.29. The van der Waals surface area contributed by atoms with E-state index in [0.29, 0.717) is 32.5 Å². The van der Waals surface area contributed by atoms with Crippen molar-refractivity contribution in [2.75, 3.05) is 20.3 Å². The average molecular weight is 269 g/mol. The van der Waals surface area contributed by atoms with Crippen molar-refractivity contribution in [1.29, 1.82) is 0 Å². The molecule has 0 aliphatic carbocycles. The van der Waals surface area contributed by atoms with Gasteiger partial charge >= 0.3 is 0 Å². The first-order valence-electron chi connectivity index (χ1n) is 6.47. The number of aliphatic hydroxyl groups excluding tert-OH is 1. The molecule has 2 N–H and O–H groups in total. The van der Waals surface area contributed by atoms with Crippen molar-refractivity contribution in [2.45, 2.75) is 39.3 Å². The molecule has 1 atom stereocenters. The van der Waals surface area contributed by atoms with E-state index in [1.807, 2.05) is 24.6 Å². The van der Waals surface area contributed by atoms with Gasteiger partial charge in [-0.1, -0.05) is 0 Å². The standard InChI is InChI=1S/C13H23N3O3/c1-10-8-11(2)16(15-10)7-5-13(18)14-6-4-12(17)9-19-3/h8,12,17H,4-7,9H2,1-3H3,(H,14,18). The molecular weight excluding hydrogens is 246 g/mol. The minimum absolute atomic E-state index is 0.0304. The molecule has 1 aromatic heterocycles. The zero-order valence-electron chi connectivity index (χ0n) is 11.8. The van der Waals surface area contributed by atoms with Crippen LogP contribution in [0, 0.1) is 13.8 Å². The van der Waals surface area contributed by atoms with E-state index >= 15 is 0 Å². The lowest BCUT2D eigenvalue weighted by molar-refractivity contribution is -0.121. The number of aliphatic hydroxyl groups is 1. The molecular formula is C13H23N3O3. The van der Waals surface area contributed by atoms with Crippen molar-refractivity contribution in [2.24, 2.45) is 0 Å². The van der Waals surface area contributed by atoms with Crippen LogP contribution in [-0.2, 0) is 16.1 Å². The summed E-state index contributed by atoms with van der Waals surface area (Å²) in [6, 6.07) is 1.99. The first-order valence-corrected chi connectivity index (χ1v) is 6.47. The summed E-state index contributed by atoms with van der Waals surface area (Å²) >= 11 is 0. The van der Waals surface area contributed by atoms with Gasteiger partial charge in [0.15, 0.2) is 0 Å². The third kappa shape index (κ3) is 5.85. The van der Waals surface area contributed by atoms with Crippen LogP contribution >= 0.6 is 0 Å². The number of rotatable bonds is 8. The highest BCUT2D eigenvalue weighted by molar-refractivity contribution is 5.75. The molecule has 1 heterocycles. The summed E-state index contributed by atoms with van der Waals surface area (Å²) in [6.07, 6.45) is 0.364. The number of carbonyl (C=O) groups excluding carboxylic acids is 1. The van der Waals surface area contributed by atoms with Crippen LogP contribution in [0.2, 0.25) is 0 Å². The fraction of sp³-hybridized carbons (Fsp3) is 0.692. The molecule has 0 aliphatic rings. The molecule has 0 aromatic carbocycles. The van der Waals surface area contributed by atoms with Crippen molar-refractivity contribution in [3.8, 4) is 0 Å². The molecule has 6 heteroatoms. The summed E-state index contributed by atoms with van der Waals surface area (Å²) in [5.41, 5.74) is 2.02. The number of ether oxygens (including phenoxy) is 1. The molecule has 108 valence electrons. The highest BCUT2D eigenvalue weighted by Crippen LogP contribution is 2.02. The second-order valence-electron chi connectivity index (χ2n) is 4.65. The van der Waals surface area contributed by atoms with E-state index in [1.54, 1.807) is 0 Å². The van der Waals surface area contributed by atoms with Gasteiger partial charge in [0.1, 0.15) is 0 Å². The second-order valence-corrected chi connectivity index (χ2v) is 4.65. The van der Waals surface area contributed by atoms with Crippen molar-refractivity contribution in [1.82, 2.24) is 15.1 Å². The maximum absolute atomic E-state index is 11.6. The molecule has 0 saturated heterocycles. The molecule has 0 saturated carbocycles. The summed E-state index contributed by atoms with van der Waals surface area (Å²) < 4.78 is 6.64. The molecule has 0 radical (unpaired) electrons. The van der Waals surface area contributed by atoms with Crippen molar-refractivity contribution < 1.29 is 14.6 Å². The van der Waals surface area contributed by atoms with E-state index < -0.39 is 6.10 Å². The number of aromatic nitrogens is 2. The van der Waals surface area contributed by atoms with E-state index in [1.165, 1.54) is 7.11 Å². The predicted molar refractivity (Wildman–Crippen MR) is 71.8 cm³/mol. The van der Waals surface area contributed by atoms with Crippen LogP contribution in [0.15, 0.2) is 6.07 Å². The van der Waals surface area contributed by atoms with Crippen LogP contribution in [0.4, 0.5) is 0 Å². The first kappa shape index (κ1) is 15.7. The molecule has 0 fully saturated rings. The summed E-state index contributed by atoms with van der Waals surface area (Å²) in [7, 11) is 1.54. The zero-order chi connectivity index (χ0) is 14.3. The molecule has 6 nitrogen and oxygen atoms in total. The number of hydrogen-bond acceptors (Lipinski definition) is 4. The zero-order valence-corrected chi connectivity index (χ0v) is 11.8. The van der Waals surface area contributed by atoms with E-state index in [0.717, 1.165) is 11.4 Å². The number of methoxy groups -OCH3 is 1. The lowest BCUT2D eigenvalue weighted by Gasteiger charge is -2.10. The number of aryl methyl sites for hydroxylation is 3. The molecule has 0 aliphatic heterocycles. The van der Waals surface area contributed by atoms with Gasteiger partial charge in [-0.05, 0) is 26.3 Å². The van der Waals surface area contributed by atoms with Crippen LogP contribution in [0.25, 0.3) is 0 Å². The maximum Gasteiger partial charge on any atom is 0.221 e. The molecule has 1 aromatic rings. The van der Waals surface area contributed by atoms with Crippen molar-refractivity contribution >= 4 is 5.91 Å². The Morgan fingerprint density at radius 1 is 1.58 bits per heavy atom. The smallest absolute Gasteiger partial charge is 0.221 e. The number of nitrogens with zero attached hydrogens (tertiary/aromatic N) is 2. The number of carbonyl (C=O) groups is 1. The van der Waals surface area contributed by atoms with Gasteiger partial charge in [0.25, 0.3) is 0 Å². The number of nitrogens with one attached hydrogen (secondary N) is 1. The SMILES string of the molecule is COCC(O)CCNC(=O)CCn1nc(C)cc1C. The van der Waals surface area contributed by atoms with E-state index in [2.05, 4.69) is 10.4 Å². The van der Waals surface area contributed by atoms with E-state index in [4.69, 9.17) is 4.74 Å².